The Balaban J connectivity index is 3.92. The molecular formula is C3H3O3S. The predicted molar refractivity (Wildman–Crippen MR) is 23.3 cm³/mol. The summed E-state index contributed by atoms with van der Waals surface area (Å²) in [5.74, 6) is 0.992. The van der Waals surface area contributed by atoms with E-state index in [4.69, 9.17) is 0 Å². The van der Waals surface area contributed by atoms with Crippen molar-refractivity contribution in [3.63, 3.8) is 0 Å². The average Bonchev–Trinajstić information content (AvgIpc) is 1.30. The highest BCUT2D eigenvalue weighted by molar-refractivity contribution is 7.85. The summed E-state index contributed by atoms with van der Waals surface area (Å²) in [7, 11) is -4.16. The second kappa shape index (κ2) is 1.96. The van der Waals surface area contributed by atoms with E-state index in [1.165, 1.54) is 0 Å². The van der Waals surface area contributed by atoms with E-state index < -0.39 is 15.9 Å². The third-order valence-electron chi connectivity index (χ3n) is 0.260. The molecule has 1 radical (unpaired) electrons. The Bertz CT molecular complexity index is 171. The molecule has 39 valence electrons. The fraction of sp³-hybridized carbons (Fsp3) is 0.333. The Morgan fingerprint density at radius 1 is 1.57 bits per heavy atom. The SMILES string of the molecule is C#CCS([O])(=O)=O. The van der Waals surface area contributed by atoms with Gasteiger partial charge in [-0.05, 0) is 0 Å². The van der Waals surface area contributed by atoms with Gasteiger partial charge in [-0.2, -0.15) is 8.42 Å². The maximum Gasteiger partial charge on any atom is 0.305 e. The highest BCUT2D eigenvalue weighted by Gasteiger charge is 1.99. The van der Waals surface area contributed by atoms with Gasteiger partial charge in [0, 0.05) is 0 Å². The van der Waals surface area contributed by atoms with Gasteiger partial charge in [0.25, 0.3) is 0 Å². The van der Waals surface area contributed by atoms with Gasteiger partial charge in [0.05, 0.1) is 0 Å². The zero-order valence-corrected chi connectivity index (χ0v) is 4.23. The number of terminal acetylenes is 1. The molecule has 0 aromatic rings. The summed E-state index contributed by atoms with van der Waals surface area (Å²) in [5, 5.41) is 0. The van der Waals surface area contributed by atoms with Crippen LogP contribution in [-0.2, 0) is 14.7 Å². The first-order chi connectivity index (χ1) is 3.06. The first-order valence-electron chi connectivity index (χ1n) is 1.43. The van der Waals surface area contributed by atoms with Crippen LogP contribution in [0.3, 0.4) is 0 Å². The molecule has 0 fully saturated rings. The molecular weight excluding hydrogens is 116 g/mol. The lowest BCUT2D eigenvalue weighted by Gasteiger charge is -1.76. The van der Waals surface area contributed by atoms with E-state index in [2.05, 4.69) is 6.42 Å². The normalized spacial score (nSPS) is 10.3. The standard InChI is InChI=1S/C3H3O3S/c1-2-3-7(4,5)6/h1H,3H2. The maximum absolute atomic E-state index is 9.53. The lowest BCUT2D eigenvalue weighted by Crippen LogP contribution is -1.97. The summed E-state index contributed by atoms with van der Waals surface area (Å²) >= 11 is 0. The second-order valence-corrected chi connectivity index (χ2v) is 2.31. The third kappa shape index (κ3) is 5.47. The summed E-state index contributed by atoms with van der Waals surface area (Å²) < 4.78 is 28.6. The monoisotopic (exact) mass is 119 g/mol. The largest absolute Gasteiger partial charge is 0.305 e. The molecule has 0 atom stereocenters. The van der Waals surface area contributed by atoms with Gasteiger partial charge in [-0.3, -0.25) is 0 Å². The average molecular weight is 119 g/mol. The first kappa shape index (κ1) is 6.47. The highest BCUT2D eigenvalue weighted by Crippen LogP contribution is 1.76. The molecule has 0 aliphatic rings. The van der Waals surface area contributed by atoms with Crippen molar-refractivity contribution >= 4 is 10.1 Å². The van der Waals surface area contributed by atoms with Gasteiger partial charge in [0.15, 0.2) is 0 Å². The fourth-order valence-electron chi connectivity index (χ4n) is 0.102. The van der Waals surface area contributed by atoms with Crippen LogP contribution in [-0.4, -0.2) is 14.2 Å². The van der Waals surface area contributed by atoms with Crippen LogP contribution in [0.25, 0.3) is 0 Å². The van der Waals surface area contributed by atoms with Crippen molar-refractivity contribution < 1.29 is 13.0 Å². The molecule has 0 bridgehead atoms. The van der Waals surface area contributed by atoms with Crippen molar-refractivity contribution in [1.82, 2.24) is 0 Å². The molecule has 0 aliphatic carbocycles. The molecule has 0 saturated heterocycles. The summed E-state index contributed by atoms with van der Waals surface area (Å²) in [6.07, 6.45) is 4.49. The van der Waals surface area contributed by atoms with Crippen LogP contribution < -0.4 is 0 Å². The summed E-state index contributed by atoms with van der Waals surface area (Å²) in [6, 6.07) is 0. The highest BCUT2D eigenvalue weighted by atomic mass is 32.2. The van der Waals surface area contributed by atoms with E-state index >= 15 is 0 Å². The lowest BCUT2D eigenvalue weighted by atomic mass is 10.8. The van der Waals surface area contributed by atoms with Crippen molar-refractivity contribution in [3.8, 4) is 12.3 Å². The predicted octanol–water partition coefficient (Wildman–Crippen LogP) is -0.620. The van der Waals surface area contributed by atoms with Crippen LogP contribution in [0.2, 0.25) is 0 Å². The van der Waals surface area contributed by atoms with Crippen LogP contribution in [0.15, 0.2) is 0 Å². The van der Waals surface area contributed by atoms with Crippen LogP contribution >= 0.6 is 0 Å². The van der Waals surface area contributed by atoms with Gasteiger partial charge in [-0.1, -0.05) is 10.5 Å². The summed E-state index contributed by atoms with van der Waals surface area (Å²) in [4.78, 5) is 0. The van der Waals surface area contributed by atoms with Crippen LogP contribution in [0.4, 0.5) is 0 Å². The van der Waals surface area contributed by atoms with Crippen molar-refractivity contribution in [2.75, 3.05) is 5.75 Å². The first-order valence-corrected chi connectivity index (χ1v) is 3.01. The van der Waals surface area contributed by atoms with Gasteiger partial charge in [0.2, 0.25) is 0 Å². The third-order valence-corrected chi connectivity index (χ3v) is 0.780. The quantitative estimate of drug-likeness (QED) is 0.432. The molecule has 0 saturated carbocycles. The number of hydrogen-bond donors (Lipinski definition) is 0. The number of rotatable bonds is 1. The molecule has 0 heterocycles. The van der Waals surface area contributed by atoms with E-state index in [-0.39, 0.29) is 0 Å². The molecule has 4 heteroatoms. The molecule has 0 N–H and O–H groups in total. The van der Waals surface area contributed by atoms with E-state index in [9.17, 15) is 13.0 Å². The topological polar surface area (TPSA) is 54.0 Å². The minimum Gasteiger partial charge on any atom is -0.196 e. The van der Waals surface area contributed by atoms with Gasteiger partial charge in [-0.15, -0.1) is 6.42 Å². The van der Waals surface area contributed by atoms with Gasteiger partial charge in [0.1, 0.15) is 5.75 Å². The van der Waals surface area contributed by atoms with Crippen molar-refractivity contribution in [2.24, 2.45) is 0 Å². The Kier molecular flexibility index (Phi) is 1.81. The Morgan fingerprint density at radius 2 is 2.00 bits per heavy atom. The molecule has 7 heavy (non-hydrogen) atoms. The van der Waals surface area contributed by atoms with E-state index in [0.717, 1.165) is 0 Å². The van der Waals surface area contributed by atoms with Crippen LogP contribution in [0.1, 0.15) is 0 Å². The van der Waals surface area contributed by atoms with E-state index in [1.807, 2.05) is 0 Å². The molecule has 0 spiro atoms. The molecule has 0 aromatic carbocycles. The zero-order valence-electron chi connectivity index (χ0n) is 3.42. The lowest BCUT2D eigenvalue weighted by molar-refractivity contribution is 0.418. The van der Waals surface area contributed by atoms with E-state index in [0.29, 0.717) is 0 Å². The molecule has 3 nitrogen and oxygen atoms in total. The fourth-order valence-corrected chi connectivity index (χ4v) is 0.306. The van der Waals surface area contributed by atoms with Crippen molar-refractivity contribution in [1.29, 1.82) is 0 Å². The van der Waals surface area contributed by atoms with Gasteiger partial charge >= 0.3 is 10.1 Å². The Labute approximate surface area is 42.1 Å². The minimum absolute atomic E-state index is 0.715. The molecule has 0 rings (SSSR count). The Hall–Kier alpha value is -0.530. The molecule has 0 aliphatic heterocycles. The van der Waals surface area contributed by atoms with Crippen LogP contribution in [0, 0.1) is 12.3 Å². The maximum atomic E-state index is 9.53. The van der Waals surface area contributed by atoms with Crippen molar-refractivity contribution in [2.45, 2.75) is 0 Å². The van der Waals surface area contributed by atoms with Gasteiger partial charge in [-0.25, -0.2) is 0 Å². The summed E-state index contributed by atoms with van der Waals surface area (Å²) in [6.45, 7) is 0. The zero-order chi connectivity index (χ0) is 5.91. The van der Waals surface area contributed by atoms with E-state index in [1.54, 1.807) is 5.92 Å². The molecule has 0 amide bonds. The second-order valence-electron chi connectivity index (χ2n) is 0.906. The van der Waals surface area contributed by atoms with Crippen LogP contribution in [0.5, 0.6) is 0 Å². The Morgan fingerprint density at radius 3 is 2.00 bits per heavy atom. The minimum atomic E-state index is -4.16. The molecule has 0 aromatic heterocycles. The van der Waals surface area contributed by atoms with Gasteiger partial charge < -0.3 is 0 Å². The summed E-state index contributed by atoms with van der Waals surface area (Å²) in [5.41, 5.74) is 0. The smallest absolute Gasteiger partial charge is 0.196 e. The number of hydrogen-bond acceptors (Lipinski definition) is 2. The van der Waals surface area contributed by atoms with Crippen molar-refractivity contribution in [3.05, 3.63) is 0 Å². The molecule has 0 unspecified atom stereocenters.